The molecule has 0 fully saturated rings. The number of aliphatic carboxylic acids is 1. The van der Waals surface area contributed by atoms with Crippen LogP contribution in [0.4, 0.5) is 0 Å². The van der Waals surface area contributed by atoms with Crippen LogP contribution in [0, 0.1) is 0 Å². The third-order valence-corrected chi connectivity index (χ3v) is 7.06. The number of carboxylic acids is 1. The van der Waals surface area contributed by atoms with E-state index in [1.165, 1.54) is 0 Å². The first-order valence-corrected chi connectivity index (χ1v) is 14.0. The van der Waals surface area contributed by atoms with Gasteiger partial charge in [0, 0.05) is 12.6 Å². The van der Waals surface area contributed by atoms with Crippen LogP contribution in [0.1, 0.15) is 27.9 Å². The Morgan fingerprint density at radius 3 is 2.45 bits per heavy atom. The first-order chi connectivity index (χ1) is 20.9. The normalized spacial score (nSPS) is 12.9. The standard InChI is InChI=1S/C33H33N3O7.ClH/c34-24(16-21-6-2-1-3-7-21)19-41-28-13-11-23-8-4-5-9-25(23)31(28)33(40)36-26(18-30(37)38)32(39)35-15-14-22-10-12-27-29(17-22)43-20-42-27;/h1-13,17,24,26H,14-16,18-20,34H2,(H,35,39)(H,36,40)(H,37,38);1H/t24-,26+;/m1./s1. The fraction of sp³-hybridized carbons (Fsp3) is 0.242. The van der Waals surface area contributed by atoms with Gasteiger partial charge in [0.2, 0.25) is 12.7 Å². The number of benzene rings is 4. The van der Waals surface area contributed by atoms with Crippen LogP contribution in [0.25, 0.3) is 10.8 Å². The van der Waals surface area contributed by atoms with Gasteiger partial charge >= 0.3 is 5.97 Å². The lowest BCUT2D eigenvalue weighted by Gasteiger charge is -2.20. The molecule has 0 spiro atoms. The fourth-order valence-electron chi connectivity index (χ4n) is 4.94. The summed E-state index contributed by atoms with van der Waals surface area (Å²) < 4.78 is 16.8. The highest BCUT2D eigenvalue weighted by atomic mass is 35.5. The van der Waals surface area contributed by atoms with Crippen LogP contribution in [0.15, 0.2) is 84.9 Å². The second-order valence-corrected chi connectivity index (χ2v) is 10.3. The van der Waals surface area contributed by atoms with Crippen molar-refractivity contribution < 1.29 is 33.7 Å². The van der Waals surface area contributed by atoms with Gasteiger partial charge in [-0.1, -0.05) is 66.7 Å². The Hall–Kier alpha value is -4.80. The van der Waals surface area contributed by atoms with E-state index in [1.807, 2.05) is 60.7 Å². The number of amides is 2. The summed E-state index contributed by atoms with van der Waals surface area (Å²) >= 11 is 0. The summed E-state index contributed by atoms with van der Waals surface area (Å²) in [6.45, 7) is 0.537. The number of nitrogens with two attached hydrogens (primary N) is 1. The molecule has 4 aromatic carbocycles. The molecule has 0 unspecified atom stereocenters. The molecular weight excluding hydrogens is 586 g/mol. The van der Waals surface area contributed by atoms with E-state index in [9.17, 15) is 19.5 Å². The van der Waals surface area contributed by atoms with Gasteiger partial charge in [-0.3, -0.25) is 14.4 Å². The maximum absolute atomic E-state index is 13.7. The van der Waals surface area contributed by atoms with E-state index >= 15 is 0 Å². The minimum absolute atomic E-state index is 0. The number of hydrogen-bond acceptors (Lipinski definition) is 7. The summed E-state index contributed by atoms with van der Waals surface area (Å²) in [7, 11) is 0. The first kappa shape index (κ1) is 32.1. The lowest BCUT2D eigenvalue weighted by molar-refractivity contribution is -0.139. The van der Waals surface area contributed by atoms with E-state index in [0.717, 1.165) is 16.5 Å². The molecule has 0 aromatic heterocycles. The molecule has 230 valence electrons. The van der Waals surface area contributed by atoms with Crippen molar-refractivity contribution in [2.24, 2.45) is 5.73 Å². The van der Waals surface area contributed by atoms with E-state index in [4.69, 9.17) is 19.9 Å². The highest BCUT2D eigenvalue weighted by molar-refractivity contribution is 6.10. The number of fused-ring (bicyclic) bond motifs is 2. The molecule has 0 saturated heterocycles. The van der Waals surface area contributed by atoms with E-state index in [1.54, 1.807) is 24.3 Å². The van der Waals surface area contributed by atoms with Crippen LogP contribution in [0.5, 0.6) is 17.2 Å². The summed E-state index contributed by atoms with van der Waals surface area (Å²) in [5.41, 5.74) is 8.50. The zero-order valence-electron chi connectivity index (χ0n) is 23.9. The lowest BCUT2D eigenvalue weighted by atomic mass is 10.0. The smallest absolute Gasteiger partial charge is 0.305 e. The summed E-state index contributed by atoms with van der Waals surface area (Å²) in [6.07, 6.45) is 0.467. The molecule has 1 aliphatic rings. The van der Waals surface area contributed by atoms with Crippen molar-refractivity contribution >= 4 is 41.0 Å². The molecule has 2 amide bonds. The van der Waals surface area contributed by atoms with Gasteiger partial charge in [-0.15, -0.1) is 12.4 Å². The van der Waals surface area contributed by atoms with Crippen LogP contribution >= 0.6 is 12.4 Å². The van der Waals surface area contributed by atoms with E-state index < -0.39 is 30.2 Å². The van der Waals surface area contributed by atoms with Crippen LogP contribution in [0.2, 0.25) is 0 Å². The largest absolute Gasteiger partial charge is 0.491 e. The van der Waals surface area contributed by atoms with Crippen LogP contribution < -0.4 is 30.6 Å². The summed E-state index contributed by atoms with van der Waals surface area (Å²) in [6, 6.07) is 24.4. The van der Waals surface area contributed by atoms with Gasteiger partial charge in [0.25, 0.3) is 5.91 Å². The quantitative estimate of drug-likeness (QED) is 0.176. The Bertz CT molecular complexity index is 1620. The second kappa shape index (κ2) is 15.1. The van der Waals surface area contributed by atoms with Crippen molar-refractivity contribution in [1.29, 1.82) is 0 Å². The molecule has 11 heteroatoms. The van der Waals surface area contributed by atoms with Crippen LogP contribution in [0.3, 0.4) is 0 Å². The van der Waals surface area contributed by atoms with Crippen molar-refractivity contribution in [3.8, 4) is 17.2 Å². The average molecular weight is 620 g/mol. The van der Waals surface area contributed by atoms with E-state index in [2.05, 4.69) is 10.6 Å². The number of halogens is 1. The molecule has 2 atom stereocenters. The van der Waals surface area contributed by atoms with Gasteiger partial charge in [0.1, 0.15) is 18.4 Å². The van der Waals surface area contributed by atoms with E-state index in [0.29, 0.717) is 29.7 Å². The van der Waals surface area contributed by atoms with E-state index in [-0.39, 0.29) is 49.7 Å². The molecule has 4 aromatic rings. The Kier molecular flexibility index (Phi) is 11.0. The molecule has 5 N–H and O–H groups in total. The Labute approximate surface area is 260 Å². The zero-order valence-corrected chi connectivity index (χ0v) is 24.7. The van der Waals surface area contributed by atoms with Crippen molar-refractivity contribution in [2.75, 3.05) is 19.9 Å². The summed E-state index contributed by atoms with van der Waals surface area (Å²) in [5.74, 6) is -0.875. The number of ether oxygens (including phenoxy) is 3. The molecule has 0 radical (unpaired) electrons. The summed E-state index contributed by atoms with van der Waals surface area (Å²) in [5, 5.41) is 16.3. The van der Waals surface area contributed by atoms with Gasteiger partial charge in [0.15, 0.2) is 11.5 Å². The van der Waals surface area contributed by atoms with Crippen molar-refractivity contribution in [3.63, 3.8) is 0 Å². The molecule has 1 heterocycles. The minimum atomic E-state index is -1.31. The average Bonchev–Trinajstić information content (AvgIpc) is 3.47. The third-order valence-electron chi connectivity index (χ3n) is 7.06. The SMILES string of the molecule is Cl.N[C@@H](COc1ccc2ccccc2c1C(=O)N[C@@H](CC(=O)O)C(=O)NCCc1ccc2c(c1)OCO2)Cc1ccccc1. The lowest BCUT2D eigenvalue weighted by Crippen LogP contribution is -2.48. The monoisotopic (exact) mass is 619 g/mol. The number of hydrogen-bond donors (Lipinski definition) is 4. The zero-order chi connectivity index (χ0) is 30.2. The van der Waals surface area contributed by atoms with Gasteiger partial charge in [-0.2, -0.15) is 0 Å². The highest BCUT2D eigenvalue weighted by Gasteiger charge is 2.27. The van der Waals surface area contributed by atoms with Gasteiger partial charge in [-0.25, -0.2) is 0 Å². The van der Waals surface area contributed by atoms with Crippen LogP contribution in [-0.2, 0) is 22.4 Å². The predicted octanol–water partition coefficient (Wildman–Crippen LogP) is 3.87. The van der Waals surface area contributed by atoms with Crippen molar-refractivity contribution in [3.05, 3.63) is 102 Å². The van der Waals surface area contributed by atoms with Gasteiger partial charge in [-0.05, 0) is 52.9 Å². The maximum atomic E-state index is 13.7. The van der Waals surface area contributed by atoms with Crippen molar-refractivity contribution in [1.82, 2.24) is 10.6 Å². The molecular formula is C33H34ClN3O7. The first-order valence-electron chi connectivity index (χ1n) is 14.0. The molecule has 0 bridgehead atoms. The van der Waals surface area contributed by atoms with Crippen molar-refractivity contribution in [2.45, 2.75) is 31.3 Å². The Morgan fingerprint density at radius 1 is 0.909 bits per heavy atom. The van der Waals surface area contributed by atoms with Gasteiger partial charge < -0.3 is 35.7 Å². The molecule has 0 saturated carbocycles. The summed E-state index contributed by atoms with van der Waals surface area (Å²) in [4.78, 5) is 38.4. The number of carboxylic acid groups (broad SMARTS) is 1. The topological polar surface area (TPSA) is 149 Å². The number of nitrogens with one attached hydrogen (secondary N) is 2. The number of rotatable bonds is 13. The molecule has 44 heavy (non-hydrogen) atoms. The predicted molar refractivity (Wildman–Crippen MR) is 168 cm³/mol. The fourth-order valence-corrected chi connectivity index (χ4v) is 4.94. The van der Waals surface area contributed by atoms with Gasteiger partial charge in [0.05, 0.1) is 12.0 Å². The number of carbonyl (C=O) groups is 3. The third kappa shape index (κ3) is 8.18. The second-order valence-electron chi connectivity index (χ2n) is 10.3. The van der Waals surface area contributed by atoms with Crippen LogP contribution in [-0.4, -0.2) is 54.9 Å². The number of carbonyl (C=O) groups excluding carboxylic acids is 2. The highest BCUT2D eigenvalue weighted by Crippen LogP contribution is 2.32. The molecule has 0 aliphatic carbocycles. The Balaban J connectivity index is 0.00000442. The Morgan fingerprint density at radius 2 is 1.66 bits per heavy atom. The molecule has 10 nitrogen and oxygen atoms in total. The molecule has 1 aliphatic heterocycles. The molecule has 5 rings (SSSR count). The minimum Gasteiger partial charge on any atom is -0.491 e. The maximum Gasteiger partial charge on any atom is 0.305 e.